The summed E-state index contributed by atoms with van der Waals surface area (Å²) in [5.74, 6) is 0. The average molecular weight is 269 g/mol. The Hall–Kier alpha value is -1.43. The molecule has 0 fully saturated rings. The first kappa shape index (κ1) is 15.6. The molecule has 96 valence electrons. The standard InChI is InChI=1S/C10H11F3N2O.ClH/c1-7-2-4-8(5-3-7)15-9(14)16-6-10(11,12)13;/h2-5H,6H2,1H3,(H2,14,15);1H. The second-order valence-corrected chi connectivity index (χ2v) is 3.19. The lowest BCUT2D eigenvalue weighted by Gasteiger charge is -2.07. The number of rotatable bonds is 2. The molecule has 0 radical (unpaired) electrons. The number of aryl methyl sites for hydroxylation is 1. The molecule has 17 heavy (non-hydrogen) atoms. The van der Waals surface area contributed by atoms with Gasteiger partial charge in [-0.05, 0) is 19.1 Å². The molecule has 0 heterocycles. The Morgan fingerprint density at radius 2 is 1.82 bits per heavy atom. The van der Waals surface area contributed by atoms with Crippen LogP contribution in [0, 0.1) is 6.92 Å². The van der Waals surface area contributed by atoms with Gasteiger partial charge in [0, 0.05) is 0 Å². The average Bonchev–Trinajstić information content (AvgIpc) is 2.18. The van der Waals surface area contributed by atoms with Crippen LogP contribution in [0.4, 0.5) is 18.9 Å². The Balaban J connectivity index is 0.00000256. The van der Waals surface area contributed by atoms with Crippen molar-refractivity contribution in [2.75, 3.05) is 6.61 Å². The van der Waals surface area contributed by atoms with Crippen molar-refractivity contribution in [1.29, 1.82) is 0 Å². The smallest absolute Gasteiger partial charge is 0.422 e. The zero-order valence-electron chi connectivity index (χ0n) is 8.99. The SMILES string of the molecule is Cc1ccc(N=C(N)OCC(F)(F)F)cc1.Cl. The molecular weight excluding hydrogens is 257 g/mol. The van der Waals surface area contributed by atoms with Crippen molar-refractivity contribution in [1.82, 2.24) is 0 Å². The summed E-state index contributed by atoms with van der Waals surface area (Å²) in [5.41, 5.74) is 6.65. The first-order chi connectivity index (χ1) is 7.37. The summed E-state index contributed by atoms with van der Waals surface area (Å²) in [6, 6.07) is 6.32. The van der Waals surface area contributed by atoms with Crippen LogP contribution in [0.1, 0.15) is 5.56 Å². The van der Waals surface area contributed by atoms with Crippen LogP contribution in [-0.4, -0.2) is 18.8 Å². The molecule has 0 unspecified atom stereocenters. The molecule has 1 rings (SSSR count). The van der Waals surface area contributed by atoms with Crippen molar-refractivity contribution >= 4 is 24.1 Å². The minimum atomic E-state index is -4.41. The number of halogens is 4. The molecule has 3 nitrogen and oxygen atoms in total. The van der Waals surface area contributed by atoms with E-state index in [0.29, 0.717) is 5.69 Å². The summed E-state index contributed by atoms with van der Waals surface area (Å²) < 4.78 is 39.6. The van der Waals surface area contributed by atoms with Crippen molar-refractivity contribution in [2.45, 2.75) is 13.1 Å². The van der Waals surface area contributed by atoms with E-state index in [0.717, 1.165) is 5.56 Å². The van der Waals surface area contributed by atoms with E-state index in [4.69, 9.17) is 5.73 Å². The summed E-state index contributed by atoms with van der Waals surface area (Å²) in [6.45, 7) is 0.450. The van der Waals surface area contributed by atoms with Crippen molar-refractivity contribution in [3.05, 3.63) is 29.8 Å². The molecule has 0 amide bonds. The molecule has 7 heteroatoms. The van der Waals surface area contributed by atoms with Crippen LogP contribution in [-0.2, 0) is 4.74 Å². The summed E-state index contributed by atoms with van der Waals surface area (Å²) >= 11 is 0. The summed E-state index contributed by atoms with van der Waals surface area (Å²) in [6.07, 6.45) is -4.41. The fourth-order valence-corrected chi connectivity index (χ4v) is 0.935. The number of hydrogen-bond acceptors (Lipinski definition) is 2. The number of nitrogens with two attached hydrogens (primary N) is 1. The molecule has 0 aliphatic carbocycles. The molecular formula is C10H12ClF3N2O. The van der Waals surface area contributed by atoms with E-state index in [-0.39, 0.29) is 12.4 Å². The number of aliphatic imine (C=N–C) groups is 1. The number of nitrogens with zero attached hydrogens (tertiary/aromatic N) is 1. The van der Waals surface area contributed by atoms with Crippen molar-refractivity contribution < 1.29 is 17.9 Å². The zero-order chi connectivity index (χ0) is 12.2. The molecule has 0 atom stereocenters. The van der Waals surface area contributed by atoms with Crippen molar-refractivity contribution in [3.8, 4) is 0 Å². The van der Waals surface area contributed by atoms with Crippen LogP contribution in [0.15, 0.2) is 29.3 Å². The highest BCUT2D eigenvalue weighted by molar-refractivity contribution is 5.85. The maximum absolute atomic E-state index is 11.8. The highest BCUT2D eigenvalue weighted by atomic mass is 35.5. The van der Waals surface area contributed by atoms with E-state index in [9.17, 15) is 13.2 Å². The van der Waals surface area contributed by atoms with Crippen LogP contribution >= 0.6 is 12.4 Å². The number of alkyl halides is 3. The van der Waals surface area contributed by atoms with E-state index in [1.165, 1.54) is 0 Å². The van der Waals surface area contributed by atoms with Crippen LogP contribution in [0.5, 0.6) is 0 Å². The fraction of sp³-hybridized carbons (Fsp3) is 0.300. The topological polar surface area (TPSA) is 47.6 Å². The van der Waals surface area contributed by atoms with Gasteiger partial charge >= 0.3 is 6.18 Å². The molecule has 0 saturated carbocycles. The number of benzene rings is 1. The predicted molar refractivity (Wildman–Crippen MR) is 61.7 cm³/mol. The molecule has 0 bridgehead atoms. The second kappa shape index (κ2) is 6.34. The Morgan fingerprint density at radius 1 is 1.29 bits per heavy atom. The highest BCUT2D eigenvalue weighted by Crippen LogP contribution is 2.15. The molecule has 1 aromatic carbocycles. The van der Waals surface area contributed by atoms with Gasteiger partial charge in [0.15, 0.2) is 6.61 Å². The number of hydrogen-bond donors (Lipinski definition) is 1. The third-order valence-corrected chi connectivity index (χ3v) is 1.66. The van der Waals surface area contributed by atoms with Gasteiger partial charge in [-0.2, -0.15) is 18.2 Å². The quantitative estimate of drug-likeness (QED) is 0.662. The van der Waals surface area contributed by atoms with Gasteiger partial charge in [0.2, 0.25) is 0 Å². The van der Waals surface area contributed by atoms with Crippen LogP contribution < -0.4 is 5.73 Å². The van der Waals surface area contributed by atoms with E-state index < -0.39 is 18.8 Å². The molecule has 0 spiro atoms. The molecule has 1 aromatic rings. The van der Waals surface area contributed by atoms with Gasteiger partial charge in [-0.15, -0.1) is 12.4 Å². The first-order valence-electron chi connectivity index (χ1n) is 4.47. The van der Waals surface area contributed by atoms with Crippen molar-refractivity contribution in [3.63, 3.8) is 0 Å². The lowest BCUT2D eigenvalue weighted by atomic mass is 10.2. The van der Waals surface area contributed by atoms with E-state index in [1.54, 1.807) is 24.3 Å². The van der Waals surface area contributed by atoms with Crippen LogP contribution in [0.2, 0.25) is 0 Å². The number of amidine groups is 1. The minimum absolute atomic E-state index is 0. The van der Waals surface area contributed by atoms with E-state index in [2.05, 4.69) is 9.73 Å². The lowest BCUT2D eigenvalue weighted by Crippen LogP contribution is -2.24. The third kappa shape index (κ3) is 6.68. The van der Waals surface area contributed by atoms with Gasteiger partial charge in [-0.1, -0.05) is 17.7 Å². The van der Waals surface area contributed by atoms with E-state index >= 15 is 0 Å². The Morgan fingerprint density at radius 3 is 2.29 bits per heavy atom. The molecule has 2 N–H and O–H groups in total. The monoisotopic (exact) mass is 268 g/mol. The Labute approximate surface area is 103 Å². The summed E-state index contributed by atoms with van der Waals surface area (Å²) in [7, 11) is 0. The summed E-state index contributed by atoms with van der Waals surface area (Å²) in [4.78, 5) is 3.68. The Bertz CT molecular complexity index is 376. The van der Waals surface area contributed by atoms with Gasteiger partial charge in [-0.25, -0.2) is 0 Å². The maximum Gasteiger partial charge on any atom is 0.422 e. The third-order valence-electron chi connectivity index (χ3n) is 1.66. The largest absolute Gasteiger partial charge is 0.456 e. The zero-order valence-corrected chi connectivity index (χ0v) is 9.81. The lowest BCUT2D eigenvalue weighted by molar-refractivity contribution is -0.156. The van der Waals surface area contributed by atoms with Crippen LogP contribution in [0.3, 0.4) is 0 Å². The second-order valence-electron chi connectivity index (χ2n) is 3.19. The fourth-order valence-electron chi connectivity index (χ4n) is 0.935. The van der Waals surface area contributed by atoms with Crippen molar-refractivity contribution in [2.24, 2.45) is 10.7 Å². The Kier molecular flexibility index (Phi) is 5.81. The highest BCUT2D eigenvalue weighted by Gasteiger charge is 2.28. The van der Waals surface area contributed by atoms with Gasteiger partial charge in [0.25, 0.3) is 6.02 Å². The van der Waals surface area contributed by atoms with Gasteiger partial charge in [-0.3, -0.25) is 0 Å². The van der Waals surface area contributed by atoms with Gasteiger partial charge in [0.1, 0.15) is 0 Å². The summed E-state index contributed by atoms with van der Waals surface area (Å²) in [5, 5.41) is 0. The molecule has 0 aliphatic rings. The van der Waals surface area contributed by atoms with Crippen LogP contribution in [0.25, 0.3) is 0 Å². The maximum atomic E-state index is 11.8. The predicted octanol–water partition coefficient (Wildman–Crippen LogP) is 2.94. The first-order valence-corrected chi connectivity index (χ1v) is 4.47. The molecule has 0 aliphatic heterocycles. The normalized spacial score (nSPS) is 11.9. The van der Waals surface area contributed by atoms with E-state index in [1.807, 2.05) is 6.92 Å². The van der Waals surface area contributed by atoms with Gasteiger partial charge < -0.3 is 10.5 Å². The molecule has 0 saturated heterocycles. The molecule has 0 aromatic heterocycles. The number of ether oxygens (including phenoxy) is 1. The minimum Gasteiger partial charge on any atom is -0.456 e. The van der Waals surface area contributed by atoms with Gasteiger partial charge in [0.05, 0.1) is 5.69 Å².